The molecular formula is C27H19ClF3N3O5. The lowest BCUT2D eigenvalue weighted by atomic mass is 10.0. The molecule has 0 aliphatic rings. The summed E-state index contributed by atoms with van der Waals surface area (Å²) in [6.45, 7) is -0.358. The van der Waals surface area contributed by atoms with Crippen LogP contribution in [0.15, 0.2) is 84.0 Å². The highest BCUT2D eigenvalue weighted by Gasteiger charge is 2.31. The topological polar surface area (TPSA) is 109 Å². The fourth-order valence-corrected chi connectivity index (χ4v) is 3.67. The number of nitrogens with zero attached hydrogens (tertiary/aromatic N) is 1. The van der Waals surface area contributed by atoms with Crippen LogP contribution in [0.3, 0.4) is 0 Å². The van der Waals surface area contributed by atoms with Gasteiger partial charge >= 0.3 is 6.36 Å². The minimum absolute atomic E-state index is 0.0373. The van der Waals surface area contributed by atoms with E-state index in [0.717, 1.165) is 17.5 Å². The van der Waals surface area contributed by atoms with E-state index >= 15 is 0 Å². The average Bonchev–Trinajstić information content (AvgIpc) is 2.90. The third-order valence-corrected chi connectivity index (χ3v) is 5.53. The SMILES string of the molecule is O=C(COc1ccc(C=NNC(=O)c2ccc(O)c(Cl)c2)c2ccccc12)Nc1ccc(OC(F)(F)F)cc1. The second-order valence-electron chi connectivity index (χ2n) is 7.97. The Morgan fingerprint density at radius 2 is 1.69 bits per heavy atom. The number of halogens is 4. The van der Waals surface area contributed by atoms with Gasteiger partial charge in [-0.2, -0.15) is 5.10 Å². The number of fused-ring (bicyclic) bond motifs is 1. The van der Waals surface area contributed by atoms with E-state index in [-0.39, 0.29) is 28.6 Å². The average molecular weight is 558 g/mol. The van der Waals surface area contributed by atoms with Gasteiger partial charge in [-0.15, -0.1) is 13.2 Å². The standard InChI is InChI=1S/C27H19ClF3N3O5/c28-22-13-16(5-11-23(22)35)26(37)34-32-14-17-6-12-24(21-4-2-1-3-20(17)21)38-15-25(36)33-18-7-9-19(10-8-18)39-27(29,30)31/h1-14,35H,15H2,(H,33,36)(H,34,37). The Morgan fingerprint density at radius 3 is 2.38 bits per heavy atom. The molecular weight excluding hydrogens is 539 g/mol. The van der Waals surface area contributed by atoms with Gasteiger partial charge in [0.05, 0.1) is 11.2 Å². The summed E-state index contributed by atoms with van der Waals surface area (Å²) in [5, 5.41) is 17.5. The first-order valence-corrected chi connectivity index (χ1v) is 11.6. The predicted octanol–water partition coefficient (Wildman–Crippen LogP) is 5.88. The smallest absolute Gasteiger partial charge is 0.506 e. The number of hydrogen-bond acceptors (Lipinski definition) is 6. The second kappa shape index (κ2) is 11.7. The van der Waals surface area contributed by atoms with Crippen LogP contribution in [0.5, 0.6) is 17.2 Å². The zero-order valence-electron chi connectivity index (χ0n) is 19.8. The van der Waals surface area contributed by atoms with E-state index in [1.54, 1.807) is 30.3 Å². The van der Waals surface area contributed by atoms with Crippen LogP contribution in [-0.4, -0.2) is 36.1 Å². The molecule has 0 unspecified atom stereocenters. The Balaban J connectivity index is 1.39. The van der Waals surface area contributed by atoms with E-state index in [1.807, 2.05) is 6.07 Å². The van der Waals surface area contributed by atoms with Gasteiger partial charge < -0.3 is 19.9 Å². The summed E-state index contributed by atoms with van der Waals surface area (Å²) in [6.07, 6.45) is -3.36. The minimum atomic E-state index is -4.81. The maximum Gasteiger partial charge on any atom is 0.573 e. The van der Waals surface area contributed by atoms with Crippen LogP contribution in [0.4, 0.5) is 18.9 Å². The quantitative estimate of drug-likeness (QED) is 0.185. The lowest BCUT2D eigenvalue weighted by molar-refractivity contribution is -0.274. The number of phenols is 1. The molecule has 8 nitrogen and oxygen atoms in total. The Bertz CT molecular complexity index is 1540. The number of carbonyl (C=O) groups excluding carboxylic acids is 2. The van der Waals surface area contributed by atoms with E-state index in [9.17, 15) is 27.9 Å². The van der Waals surface area contributed by atoms with Crippen molar-refractivity contribution in [2.45, 2.75) is 6.36 Å². The first-order chi connectivity index (χ1) is 18.6. The molecule has 0 aliphatic heterocycles. The first-order valence-electron chi connectivity index (χ1n) is 11.2. The molecule has 3 N–H and O–H groups in total. The monoisotopic (exact) mass is 557 g/mol. The zero-order chi connectivity index (χ0) is 28.0. The number of amides is 2. The molecule has 4 aromatic carbocycles. The largest absolute Gasteiger partial charge is 0.573 e. The van der Waals surface area contributed by atoms with Crippen molar-refractivity contribution in [3.8, 4) is 17.2 Å². The number of nitrogens with one attached hydrogen (secondary N) is 2. The third kappa shape index (κ3) is 7.39. The molecule has 0 saturated heterocycles. The second-order valence-corrected chi connectivity index (χ2v) is 8.38. The number of anilines is 1. The molecule has 0 aromatic heterocycles. The maximum atomic E-state index is 12.3. The minimum Gasteiger partial charge on any atom is -0.506 e. The van der Waals surface area contributed by atoms with Crippen LogP contribution < -0.4 is 20.2 Å². The van der Waals surface area contributed by atoms with Crippen molar-refractivity contribution in [1.29, 1.82) is 0 Å². The third-order valence-electron chi connectivity index (χ3n) is 5.23. The molecule has 0 atom stereocenters. The van der Waals surface area contributed by atoms with Crippen molar-refractivity contribution in [3.63, 3.8) is 0 Å². The van der Waals surface area contributed by atoms with Gasteiger partial charge in [-0.05, 0) is 60.0 Å². The molecule has 0 heterocycles. The van der Waals surface area contributed by atoms with E-state index in [4.69, 9.17) is 16.3 Å². The van der Waals surface area contributed by atoms with Crippen molar-refractivity contribution in [1.82, 2.24) is 5.43 Å². The van der Waals surface area contributed by atoms with E-state index in [0.29, 0.717) is 16.7 Å². The van der Waals surface area contributed by atoms with Crippen molar-refractivity contribution in [2.24, 2.45) is 5.10 Å². The molecule has 4 aromatic rings. The van der Waals surface area contributed by atoms with Crippen LogP contribution in [0.1, 0.15) is 15.9 Å². The van der Waals surface area contributed by atoms with Gasteiger partial charge in [-0.3, -0.25) is 9.59 Å². The van der Waals surface area contributed by atoms with Gasteiger partial charge in [-0.25, -0.2) is 5.43 Å². The number of benzene rings is 4. The maximum absolute atomic E-state index is 12.3. The lowest BCUT2D eigenvalue weighted by Gasteiger charge is -2.12. The lowest BCUT2D eigenvalue weighted by Crippen LogP contribution is -2.20. The van der Waals surface area contributed by atoms with E-state index < -0.39 is 23.9 Å². The molecule has 4 rings (SSSR count). The molecule has 0 radical (unpaired) electrons. The van der Waals surface area contributed by atoms with E-state index in [1.165, 1.54) is 36.5 Å². The Labute approximate surface area is 224 Å². The number of carbonyl (C=O) groups is 2. The molecule has 12 heteroatoms. The van der Waals surface area contributed by atoms with E-state index in [2.05, 4.69) is 20.6 Å². The number of ether oxygens (including phenoxy) is 2. The van der Waals surface area contributed by atoms with Crippen LogP contribution >= 0.6 is 11.6 Å². The summed E-state index contributed by atoms with van der Waals surface area (Å²) in [4.78, 5) is 24.6. The van der Waals surface area contributed by atoms with Crippen LogP contribution in [0.25, 0.3) is 10.8 Å². The molecule has 39 heavy (non-hydrogen) atoms. The Hall–Kier alpha value is -4.77. The number of aromatic hydroxyl groups is 1. The summed E-state index contributed by atoms with van der Waals surface area (Å²) in [6, 6.07) is 19.3. The van der Waals surface area contributed by atoms with Gasteiger partial charge in [0.15, 0.2) is 6.61 Å². The first kappa shape index (κ1) is 27.3. The Morgan fingerprint density at radius 1 is 0.974 bits per heavy atom. The van der Waals surface area contributed by atoms with Gasteiger partial charge in [-0.1, -0.05) is 35.9 Å². The molecule has 2 amide bonds. The summed E-state index contributed by atoms with van der Waals surface area (Å²) in [5.41, 5.74) is 3.54. The zero-order valence-corrected chi connectivity index (χ0v) is 20.6. The molecule has 200 valence electrons. The fraction of sp³-hybridized carbons (Fsp3) is 0.0741. The van der Waals surface area contributed by atoms with Gasteiger partial charge in [0, 0.05) is 22.2 Å². The normalized spacial score (nSPS) is 11.4. The number of rotatable bonds is 8. The molecule has 0 aliphatic carbocycles. The highest BCUT2D eigenvalue weighted by Crippen LogP contribution is 2.28. The highest BCUT2D eigenvalue weighted by molar-refractivity contribution is 6.32. The van der Waals surface area contributed by atoms with Crippen LogP contribution in [-0.2, 0) is 4.79 Å². The highest BCUT2D eigenvalue weighted by atomic mass is 35.5. The molecule has 0 saturated carbocycles. The number of hydrogen-bond donors (Lipinski definition) is 3. The van der Waals surface area contributed by atoms with Crippen molar-refractivity contribution >= 4 is 46.1 Å². The molecule has 0 bridgehead atoms. The Kier molecular flexibility index (Phi) is 8.21. The number of alkyl halides is 3. The van der Waals surface area contributed by atoms with Gasteiger partial charge in [0.1, 0.15) is 17.2 Å². The predicted molar refractivity (Wildman–Crippen MR) is 139 cm³/mol. The molecule has 0 spiro atoms. The number of phenolic OH excluding ortho intramolecular Hbond substituents is 1. The fourth-order valence-electron chi connectivity index (χ4n) is 3.49. The van der Waals surface area contributed by atoms with Crippen molar-refractivity contribution < 1.29 is 37.3 Å². The molecule has 0 fully saturated rings. The van der Waals surface area contributed by atoms with Crippen LogP contribution in [0.2, 0.25) is 5.02 Å². The summed E-state index contributed by atoms with van der Waals surface area (Å²) >= 11 is 5.83. The summed E-state index contributed by atoms with van der Waals surface area (Å²) in [7, 11) is 0. The number of hydrazone groups is 1. The van der Waals surface area contributed by atoms with Crippen molar-refractivity contribution in [3.05, 3.63) is 95.0 Å². The van der Waals surface area contributed by atoms with Gasteiger partial charge in [0.25, 0.3) is 11.8 Å². The van der Waals surface area contributed by atoms with Gasteiger partial charge in [0.2, 0.25) is 0 Å². The van der Waals surface area contributed by atoms with Crippen molar-refractivity contribution in [2.75, 3.05) is 11.9 Å². The van der Waals surface area contributed by atoms with Crippen LogP contribution in [0, 0.1) is 0 Å². The summed E-state index contributed by atoms with van der Waals surface area (Å²) in [5.74, 6) is -1.18. The summed E-state index contributed by atoms with van der Waals surface area (Å²) < 4.78 is 46.3.